The first kappa shape index (κ1) is 31.7. The van der Waals surface area contributed by atoms with E-state index in [1.165, 1.54) is 4.90 Å². The van der Waals surface area contributed by atoms with Gasteiger partial charge in [0.25, 0.3) is 11.8 Å². The highest BCUT2D eigenvalue weighted by molar-refractivity contribution is 7.91. The smallest absolute Gasteiger partial charge is 0.306 e. The summed E-state index contributed by atoms with van der Waals surface area (Å²) in [7, 11) is -3.78. The van der Waals surface area contributed by atoms with Gasteiger partial charge in [-0.3, -0.25) is 19.3 Å². The van der Waals surface area contributed by atoms with E-state index in [2.05, 4.69) is 13.8 Å². The SMILES string of the molecule is CCCC[C@@H](CC)COC(=O)CCS(=O)(=O)c1ccc(C)cc1O[C@@H]1CC[C@@H]1CCCN1C(=O)c2ccccc2C1=O. The second kappa shape index (κ2) is 14.3. The number of ether oxygens (including phenoxy) is 2. The third-order valence-corrected chi connectivity index (χ3v) is 10.2. The first-order chi connectivity index (χ1) is 20.1. The molecule has 0 unspecified atom stereocenters. The Morgan fingerprint density at radius 3 is 2.36 bits per heavy atom. The van der Waals surface area contributed by atoms with Crippen molar-refractivity contribution in [3.05, 3.63) is 59.2 Å². The van der Waals surface area contributed by atoms with E-state index < -0.39 is 15.8 Å². The first-order valence-electron chi connectivity index (χ1n) is 15.3. The number of hydrogen-bond donors (Lipinski definition) is 0. The van der Waals surface area contributed by atoms with Gasteiger partial charge in [0.1, 0.15) is 16.7 Å². The molecule has 2 aliphatic rings. The van der Waals surface area contributed by atoms with Crippen molar-refractivity contribution >= 4 is 27.6 Å². The standard InChI is InChI=1S/C33H43NO7S/c1-4-6-10-24(5-2)22-40-31(35)18-20-42(38,39)30-17-14-23(3)21-29(30)41-28-16-15-25(28)11-9-19-34-32(36)26-12-7-8-13-27(26)33(34)37/h7-8,12-14,17,21,24-25,28H,4-6,9-11,15-16,18-20,22H2,1-3H3/t24-,25+,28-/m1/s1. The van der Waals surface area contributed by atoms with Crippen LogP contribution in [0.15, 0.2) is 47.4 Å². The Balaban J connectivity index is 1.30. The van der Waals surface area contributed by atoms with E-state index in [4.69, 9.17) is 9.47 Å². The van der Waals surface area contributed by atoms with Crippen LogP contribution in [-0.2, 0) is 19.4 Å². The van der Waals surface area contributed by atoms with Crippen molar-refractivity contribution in [1.29, 1.82) is 0 Å². The summed E-state index contributed by atoms with van der Waals surface area (Å²) in [6, 6.07) is 11.9. The molecule has 0 bridgehead atoms. The van der Waals surface area contributed by atoms with Crippen LogP contribution in [0.4, 0.5) is 0 Å². The van der Waals surface area contributed by atoms with E-state index in [-0.39, 0.29) is 40.9 Å². The summed E-state index contributed by atoms with van der Waals surface area (Å²) in [6.07, 6.45) is 6.86. The minimum atomic E-state index is -3.78. The van der Waals surface area contributed by atoms with E-state index in [1.54, 1.807) is 42.5 Å². The summed E-state index contributed by atoms with van der Waals surface area (Å²) in [5, 5.41) is 0. The molecule has 228 valence electrons. The predicted octanol–water partition coefficient (Wildman–Crippen LogP) is 6.15. The Bertz CT molecular complexity index is 1350. The lowest BCUT2D eigenvalue weighted by Gasteiger charge is -2.37. The molecule has 2 amide bonds. The van der Waals surface area contributed by atoms with Gasteiger partial charge in [0.05, 0.1) is 29.9 Å². The summed E-state index contributed by atoms with van der Waals surface area (Å²) >= 11 is 0. The molecule has 9 heteroatoms. The fourth-order valence-corrected chi connectivity index (χ4v) is 6.96. The lowest BCUT2D eigenvalue weighted by atomic mass is 9.78. The number of benzene rings is 2. The van der Waals surface area contributed by atoms with Crippen molar-refractivity contribution in [1.82, 2.24) is 4.90 Å². The van der Waals surface area contributed by atoms with Gasteiger partial charge < -0.3 is 9.47 Å². The third-order valence-electron chi connectivity index (χ3n) is 8.49. The largest absolute Gasteiger partial charge is 0.489 e. The van der Waals surface area contributed by atoms with Crippen molar-refractivity contribution < 1.29 is 32.3 Å². The second-order valence-electron chi connectivity index (χ2n) is 11.6. The van der Waals surface area contributed by atoms with Crippen LogP contribution in [0.3, 0.4) is 0 Å². The van der Waals surface area contributed by atoms with E-state index in [1.807, 2.05) is 6.92 Å². The molecule has 2 aromatic rings. The number of carbonyl (C=O) groups is 3. The van der Waals surface area contributed by atoms with E-state index >= 15 is 0 Å². The van der Waals surface area contributed by atoms with Crippen LogP contribution in [0.5, 0.6) is 5.75 Å². The molecule has 0 saturated heterocycles. The Morgan fingerprint density at radius 1 is 1.02 bits per heavy atom. The summed E-state index contributed by atoms with van der Waals surface area (Å²) < 4.78 is 38.3. The molecule has 0 radical (unpaired) electrons. The zero-order chi connectivity index (χ0) is 30.3. The Kier molecular flexibility index (Phi) is 10.8. The molecule has 1 aliphatic heterocycles. The molecule has 1 heterocycles. The molecular formula is C33H43NO7S. The number of hydrogen-bond acceptors (Lipinski definition) is 7. The number of unbranched alkanes of at least 4 members (excludes halogenated alkanes) is 1. The normalized spacial score (nSPS) is 18.9. The zero-order valence-electron chi connectivity index (χ0n) is 25.0. The quantitative estimate of drug-likeness (QED) is 0.169. The van der Waals surface area contributed by atoms with Crippen LogP contribution >= 0.6 is 0 Å². The lowest BCUT2D eigenvalue weighted by Crippen LogP contribution is -2.38. The maximum Gasteiger partial charge on any atom is 0.306 e. The molecule has 1 fully saturated rings. The average molecular weight is 598 g/mol. The number of imide groups is 1. The van der Waals surface area contributed by atoms with E-state index in [0.717, 1.165) is 50.5 Å². The fourth-order valence-electron chi connectivity index (χ4n) is 5.61. The molecule has 0 spiro atoms. The molecule has 1 aliphatic carbocycles. The predicted molar refractivity (Wildman–Crippen MR) is 160 cm³/mol. The molecular weight excluding hydrogens is 554 g/mol. The highest BCUT2D eigenvalue weighted by Crippen LogP contribution is 2.38. The van der Waals surface area contributed by atoms with Gasteiger partial charge in [0, 0.05) is 6.54 Å². The zero-order valence-corrected chi connectivity index (χ0v) is 25.8. The van der Waals surface area contributed by atoms with Gasteiger partial charge >= 0.3 is 5.97 Å². The van der Waals surface area contributed by atoms with Crippen LogP contribution in [0.25, 0.3) is 0 Å². The number of aryl methyl sites for hydroxylation is 1. The number of esters is 1. The lowest BCUT2D eigenvalue weighted by molar-refractivity contribution is -0.144. The van der Waals surface area contributed by atoms with Gasteiger partial charge in [-0.1, -0.05) is 51.3 Å². The van der Waals surface area contributed by atoms with Gasteiger partial charge in [-0.2, -0.15) is 0 Å². The van der Waals surface area contributed by atoms with Crippen molar-refractivity contribution in [2.45, 2.75) is 89.6 Å². The van der Waals surface area contributed by atoms with Gasteiger partial charge in [-0.25, -0.2) is 8.42 Å². The number of amides is 2. The number of nitrogens with zero attached hydrogens (tertiary/aromatic N) is 1. The second-order valence-corrected chi connectivity index (χ2v) is 13.6. The molecule has 0 aromatic heterocycles. The van der Waals surface area contributed by atoms with Crippen LogP contribution in [0.1, 0.15) is 97.9 Å². The summed E-state index contributed by atoms with van der Waals surface area (Å²) in [5.74, 6) is -0.541. The molecule has 0 N–H and O–H groups in total. The maximum absolute atomic E-state index is 13.3. The molecule has 42 heavy (non-hydrogen) atoms. The number of rotatable bonds is 16. The highest BCUT2D eigenvalue weighted by atomic mass is 32.2. The minimum Gasteiger partial charge on any atom is -0.489 e. The number of sulfone groups is 1. The summed E-state index contributed by atoms with van der Waals surface area (Å²) in [4.78, 5) is 39.1. The van der Waals surface area contributed by atoms with Crippen molar-refractivity contribution in [2.24, 2.45) is 11.8 Å². The van der Waals surface area contributed by atoms with Gasteiger partial charge in [0.2, 0.25) is 0 Å². The average Bonchev–Trinajstić information content (AvgIpc) is 3.21. The topological polar surface area (TPSA) is 107 Å². The van der Waals surface area contributed by atoms with Crippen LogP contribution in [0, 0.1) is 18.8 Å². The number of carbonyl (C=O) groups excluding carboxylic acids is 3. The Labute approximate surface area is 249 Å². The van der Waals surface area contributed by atoms with E-state index in [0.29, 0.717) is 42.4 Å². The van der Waals surface area contributed by atoms with Gasteiger partial charge in [0.15, 0.2) is 9.84 Å². The number of fused-ring (bicyclic) bond motifs is 1. The van der Waals surface area contributed by atoms with Crippen molar-refractivity contribution in [2.75, 3.05) is 18.9 Å². The third kappa shape index (κ3) is 7.60. The molecule has 1 saturated carbocycles. The van der Waals surface area contributed by atoms with Crippen LogP contribution in [-0.4, -0.2) is 56.1 Å². The van der Waals surface area contributed by atoms with Crippen LogP contribution in [0.2, 0.25) is 0 Å². The Hall–Kier alpha value is -3.20. The van der Waals surface area contributed by atoms with Crippen LogP contribution < -0.4 is 4.74 Å². The van der Waals surface area contributed by atoms with Crippen molar-refractivity contribution in [3.8, 4) is 5.75 Å². The molecule has 2 aromatic carbocycles. The molecule has 3 atom stereocenters. The van der Waals surface area contributed by atoms with Crippen molar-refractivity contribution in [3.63, 3.8) is 0 Å². The van der Waals surface area contributed by atoms with Gasteiger partial charge in [-0.05, 0) is 80.7 Å². The van der Waals surface area contributed by atoms with E-state index in [9.17, 15) is 22.8 Å². The maximum atomic E-state index is 13.3. The molecule has 8 nitrogen and oxygen atoms in total. The highest BCUT2D eigenvalue weighted by Gasteiger charge is 2.37. The monoisotopic (exact) mass is 597 g/mol. The Morgan fingerprint density at radius 2 is 1.74 bits per heavy atom. The fraction of sp³-hybridized carbons (Fsp3) is 0.545. The minimum absolute atomic E-state index is 0.0898. The van der Waals surface area contributed by atoms with Gasteiger partial charge in [-0.15, -0.1) is 0 Å². The molecule has 4 rings (SSSR count). The summed E-state index contributed by atoms with van der Waals surface area (Å²) in [5.41, 5.74) is 1.78. The summed E-state index contributed by atoms with van der Waals surface area (Å²) in [6.45, 7) is 6.74. The first-order valence-corrected chi connectivity index (χ1v) is 16.9.